The summed E-state index contributed by atoms with van der Waals surface area (Å²) in [6.45, 7) is 3.94. The Morgan fingerprint density at radius 1 is 1.10 bits per heavy atom. The molecule has 1 unspecified atom stereocenters. The fourth-order valence-electron chi connectivity index (χ4n) is 3.64. The third-order valence-corrected chi connectivity index (χ3v) is 5.39. The summed E-state index contributed by atoms with van der Waals surface area (Å²) in [7, 11) is 1.63. The van der Waals surface area contributed by atoms with Gasteiger partial charge in [0.25, 0.3) is 5.91 Å². The highest BCUT2D eigenvalue weighted by atomic mass is 16.5. The van der Waals surface area contributed by atoms with Gasteiger partial charge in [-0.15, -0.1) is 0 Å². The number of imidazole rings is 1. The topological polar surface area (TPSA) is 75.9 Å². The molecule has 0 saturated carbocycles. The number of hydrogen-bond donors (Lipinski definition) is 1. The zero-order chi connectivity index (χ0) is 20.6. The highest BCUT2D eigenvalue weighted by molar-refractivity contribution is 6.06. The van der Waals surface area contributed by atoms with Gasteiger partial charge in [-0.3, -0.25) is 9.69 Å². The Kier molecular flexibility index (Phi) is 4.74. The number of aryl methyl sites for hydroxylation is 2. The molecule has 0 aliphatic carbocycles. The van der Waals surface area contributed by atoms with Crippen LogP contribution < -0.4 is 10.1 Å². The van der Waals surface area contributed by atoms with E-state index in [4.69, 9.17) is 4.74 Å². The molecule has 4 rings (SSSR count). The summed E-state index contributed by atoms with van der Waals surface area (Å²) >= 11 is 0. The maximum Gasteiger partial charge on any atom is 0.325 e. The average molecular weight is 392 g/mol. The van der Waals surface area contributed by atoms with Gasteiger partial charge in [0.05, 0.1) is 19.3 Å². The molecule has 2 aromatic heterocycles. The molecule has 150 valence electrons. The van der Waals surface area contributed by atoms with Crippen LogP contribution in [0.4, 0.5) is 4.79 Å². The molecule has 0 bridgehead atoms. The largest absolute Gasteiger partial charge is 0.497 e. The molecule has 3 heterocycles. The number of urea groups is 1. The molecule has 29 heavy (non-hydrogen) atoms. The third kappa shape index (κ3) is 3.68. The number of rotatable bonds is 6. The molecule has 3 aromatic rings. The van der Waals surface area contributed by atoms with Crippen LogP contribution in [-0.2, 0) is 17.8 Å². The Morgan fingerprint density at radius 3 is 2.59 bits per heavy atom. The number of ether oxygens (including phenoxy) is 1. The smallest absolute Gasteiger partial charge is 0.325 e. The van der Waals surface area contributed by atoms with Gasteiger partial charge in [0.15, 0.2) is 0 Å². The van der Waals surface area contributed by atoms with Crippen molar-refractivity contribution in [3.63, 3.8) is 0 Å². The summed E-state index contributed by atoms with van der Waals surface area (Å²) in [6.07, 6.45) is 5.02. The Balaban J connectivity index is 1.46. The molecule has 1 atom stereocenters. The van der Waals surface area contributed by atoms with Crippen molar-refractivity contribution in [3.8, 4) is 5.75 Å². The molecule has 1 aliphatic rings. The van der Waals surface area contributed by atoms with Crippen molar-refractivity contribution < 1.29 is 14.3 Å². The number of aromatic nitrogens is 2. The SMILES string of the molecule is COc1ccc(CCC2(C)NC(=O)N(Cc3cn4cc(C)ccc4n3)C2=O)cc1. The van der Waals surface area contributed by atoms with Crippen LogP contribution in [0.2, 0.25) is 0 Å². The van der Waals surface area contributed by atoms with Gasteiger partial charge in [-0.25, -0.2) is 9.78 Å². The molecule has 1 fully saturated rings. The third-order valence-electron chi connectivity index (χ3n) is 5.39. The van der Waals surface area contributed by atoms with Crippen LogP contribution >= 0.6 is 0 Å². The number of amides is 3. The van der Waals surface area contributed by atoms with Crippen LogP contribution in [-0.4, -0.2) is 38.9 Å². The number of methoxy groups -OCH3 is 1. The van der Waals surface area contributed by atoms with E-state index in [9.17, 15) is 9.59 Å². The standard InChI is InChI=1S/C22H24N4O3/c1-15-4-9-19-23-17(13-25(19)12-15)14-26-20(27)22(2,24-21(26)28)11-10-16-5-7-18(29-3)8-6-16/h4-9,12-13H,10-11,14H2,1-3H3,(H,24,28). The minimum absolute atomic E-state index is 0.156. The van der Waals surface area contributed by atoms with E-state index in [0.29, 0.717) is 18.5 Å². The first kappa shape index (κ1) is 19.0. The van der Waals surface area contributed by atoms with Gasteiger partial charge in [0.1, 0.15) is 16.9 Å². The summed E-state index contributed by atoms with van der Waals surface area (Å²) in [5.41, 5.74) is 2.75. The minimum atomic E-state index is -0.924. The minimum Gasteiger partial charge on any atom is -0.497 e. The second kappa shape index (κ2) is 7.24. The van der Waals surface area contributed by atoms with E-state index >= 15 is 0 Å². The summed E-state index contributed by atoms with van der Waals surface area (Å²) < 4.78 is 7.08. The fraction of sp³-hybridized carbons (Fsp3) is 0.318. The van der Waals surface area contributed by atoms with Gasteiger partial charge in [0.2, 0.25) is 0 Å². The number of carbonyl (C=O) groups is 2. The molecule has 7 heteroatoms. The lowest BCUT2D eigenvalue weighted by molar-refractivity contribution is -0.131. The molecule has 3 amide bonds. The van der Waals surface area contributed by atoms with Gasteiger partial charge < -0.3 is 14.5 Å². The zero-order valence-electron chi connectivity index (χ0n) is 16.8. The van der Waals surface area contributed by atoms with E-state index in [-0.39, 0.29) is 18.5 Å². The van der Waals surface area contributed by atoms with Crippen molar-refractivity contribution in [2.75, 3.05) is 7.11 Å². The van der Waals surface area contributed by atoms with E-state index < -0.39 is 5.54 Å². The number of carbonyl (C=O) groups excluding carboxylic acids is 2. The maximum absolute atomic E-state index is 13.0. The zero-order valence-corrected chi connectivity index (χ0v) is 16.8. The van der Waals surface area contributed by atoms with Crippen LogP contribution in [0.15, 0.2) is 48.8 Å². The number of benzene rings is 1. The number of imide groups is 1. The van der Waals surface area contributed by atoms with Crippen LogP contribution in [0.3, 0.4) is 0 Å². The van der Waals surface area contributed by atoms with Gasteiger partial charge in [0, 0.05) is 12.4 Å². The number of pyridine rings is 1. The number of hydrogen-bond acceptors (Lipinski definition) is 4. The molecule has 0 spiro atoms. The van der Waals surface area contributed by atoms with Crippen LogP contribution in [0.25, 0.3) is 5.65 Å². The first-order valence-corrected chi connectivity index (χ1v) is 9.59. The van der Waals surface area contributed by atoms with Gasteiger partial charge in [-0.05, 0) is 56.0 Å². The van der Waals surface area contributed by atoms with Crippen LogP contribution in [0.5, 0.6) is 5.75 Å². The monoisotopic (exact) mass is 392 g/mol. The molecule has 1 aromatic carbocycles. The van der Waals surface area contributed by atoms with E-state index in [2.05, 4.69) is 10.3 Å². The predicted octanol–water partition coefficient (Wildman–Crippen LogP) is 3.09. The molecule has 1 N–H and O–H groups in total. The second-order valence-electron chi connectivity index (χ2n) is 7.71. The highest BCUT2D eigenvalue weighted by Crippen LogP contribution is 2.25. The lowest BCUT2D eigenvalue weighted by Crippen LogP contribution is -2.44. The van der Waals surface area contributed by atoms with Crippen molar-refractivity contribution in [3.05, 3.63) is 65.6 Å². The maximum atomic E-state index is 13.0. The number of fused-ring (bicyclic) bond motifs is 1. The fourth-order valence-corrected chi connectivity index (χ4v) is 3.64. The summed E-state index contributed by atoms with van der Waals surface area (Å²) in [5, 5.41) is 2.86. The normalized spacial score (nSPS) is 19.1. The molecular formula is C22H24N4O3. The Labute approximate surface area is 169 Å². The Bertz CT molecular complexity index is 1070. The van der Waals surface area contributed by atoms with E-state index in [1.165, 1.54) is 4.90 Å². The molecule has 7 nitrogen and oxygen atoms in total. The Morgan fingerprint density at radius 2 is 1.86 bits per heavy atom. The van der Waals surface area contributed by atoms with Gasteiger partial charge >= 0.3 is 6.03 Å². The molecule has 1 aliphatic heterocycles. The van der Waals surface area contributed by atoms with Crippen molar-refractivity contribution in [1.29, 1.82) is 0 Å². The Hall–Kier alpha value is -3.35. The first-order chi connectivity index (χ1) is 13.9. The quantitative estimate of drug-likeness (QED) is 0.654. The highest BCUT2D eigenvalue weighted by Gasteiger charge is 2.47. The first-order valence-electron chi connectivity index (χ1n) is 9.59. The van der Waals surface area contributed by atoms with E-state index in [1.807, 2.05) is 60.1 Å². The van der Waals surface area contributed by atoms with Gasteiger partial charge in [-0.2, -0.15) is 0 Å². The summed E-state index contributed by atoms with van der Waals surface area (Å²) in [4.78, 5) is 31.3. The van der Waals surface area contributed by atoms with Crippen molar-refractivity contribution in [2.45, 2.75) is 38.8 Å². The number of nitrogens with one attached hydrogen (secondary N) is 1. The second-order valence-corrected chi connectivity index (χ2v) is 7.71. The van der Waals surface area contributed by atoms with E-state index in [1.54, 1.807) is 14.0 Å². The predicted molar refractivity (Wildman–Crippen MR) is 109 cm³/mol. The summed E-state index contributed by atoms with van der Waals surface area (Å²) in [6, 6.07) is 11.3. The molecule has 1 saturated heterocycles. The molecular weight excluding hydrogens is 368 g/mol. The molecule has 0 radical (unpaired) electrons. The number of nitrogens with zero attached hydrogens (tertiary/aromatic N) is 3. The van der Waals surface area contributed by atoms with Crippen LogP contribution in [0, 0.1) is 6.92 Å². The van der Waals surface area contributed by atoms with Crippen molar-refractivity contribution in [2.24, 2.45) is 0 Å². The average Bonchev–Trinajstić information content (AvgIpc) is 3.20. The van der Waals surface area contributed by atoms with E-state index in [0.717, 1.165) is 22.5 Å². The summed E-state index contributed by atoms with van der Waals surface area (Å²) in [5.74, 6) is 0.572. The lowest BCUT2D eigenvalue weighted by Gasteiger charge is -2.21. The lowest BCUT2D eigenvalue weighted by atomic mass is 9.93. The van der Waals surface area contributed by atoms with Crippen molar-refractivity contribution >= 4 is 17.6 Å². The van der Waals surface area contributed by atoms with Crippen molar-refractivity contribution in [1.82, 2.24) is 19.6 Å². The van der Waals surface area contributed by atoms with Gasteiger partial charge in [-0.1, -0.05) is 18.2 Å². The van der Waals surface area contributed by atoms with Crippen LogP contribution in [0.1, 0.15) is 30.2 Å².